The molecule has 2 N–H and O–H groups in total. The van der Waals surface area contributed by atoms with E-state index < -0.39 is 12.1 Å². The molecule has 4 heteroatoms. The zero-order chi connectivity index (χ0) is 14.5. The number of aliphatic carboxylic acids is 1. The number of carboxylic acid groups (broad SMARTS) is 1. The maximum absolute atomic E-state index is 10.5. The van der Waals surface area contributed by atoms with Gasteiger partial charge in [0.2, 0.25) is 0 Å². The fourth-order valence-corrected chi connectivity index (χ4v) is 2.18. The average Bonchev–Trinajstić information content (AvgIpc) is 2.45. The van der Waals surface area contributed by atoms with Gasteiger partial charge in [-0.1, -0.05) is 48.0 Å². The second kappa shape index (κ2) is 6.55. The molecule has 1 unspecified atom stereocenters. The summed E-state index contributed by atoms with van der Waals surface area (Å²) in [6.07, 6.45) is -0.581. The minimum absolute atomic E-state index is 0.0444. The van der Waals surface area contributed by atoms with Crippen LogP contribution in [0.1, 0.15) is 24.5 Å². The smallest absolute Gasteiger partial charge is 0.303 e. The van der Waals surface area contributed by atoms with Crippen LogP contribution in [-0.2, 0) is 4.79 Å². The van der Waals surface area contributed by atoms with E-state index in [-0.39, 0.29) is 12.8 Å². The number of benzene rings is 2. The van der Waals surface area contributed by atoms with Gasteiger partial charge in [-0.2, -0.15) is 0 Å². The van der Waals surface area contributed by atoms with E-state index in [1.807, 2.05) is 48.5 Å². The predicted octanol–water partition coefficient (Wildman–Crippen LogP) is 3.91. The monoisotopic (exact) mass is 290 g/mol. The van der Waals surface area contributed by atoms with Crippen LogP contribution >= 0.6 is 11.6 Å². The van der Waals surface area contributed by atoms with Crippen LogP contribution in [0.3, 0.4) is 0 Å². The van der Waals surface area contributed by atoms with Gasteiger partial charge in [-0.15, -0.1) is 0 Å². The van der Waals surface area contributed by atoms with Gasteiger partial charge in [0.1, 0.15) is 0 Å². The molecular formula is C16H15ClO3. The maximum Gasteiger partial charge on any atom is 0.303 e. The van der Waals surface area contributed by atoms with Crippen LogP contribution in [0.25, 0.3) is 11.1 Å². The van der Waals surface area contributed by atoms with Crippen molar-refractivity contribution in [3.8, 4) is 11.1 Å². The Morgan fingerprint density at radius 2 is 1.80 bits per heavy atom. The molecule has 0 radical (unpaired) electrons. The molecule has 0 aromatic heterocycles. The molecule has 0 fully saturated rings. The summed E-state index contributed by atoms with van der Waals surface area (Å²) < 4.78 is 0. The summed E-state index contributed by atoms with van der Waals surface area (Å²) in [6.45, 7) is 0. The van der Waals surface area contributed by atoms with Crippen LogP contribution in [0.4, 0.5) is 0 Å². The van der Waals surface area contributed by atoms with E-state index in [0.29, 0.717) is 5.02 Å². The highest BCUT2D eigenvalue weighted by Crippen LogP contribution is 2.25. The van der Waals surface area contributed by atoms with Crippen LogP contribution in [0.15, 0.2) is 48.5 Å². The Labute approximate surface area is 122 Å². The van der Waals surface area contributed by atoms with E-state index in [1.165, 1.54) is 0 Å². The quantitative estimate of drug-likeness (QED) is 0.878. The average molecular weight is 291 g/mol. The largest absolute Gasteiger partial charge is 0.481 e. The van der Waals surface area contributed by atoms with Crippen molar-refractivity contribution in [2.75, 3.05) is 0 Å². The van der Waals surface area contributed by atoms with Crippen molar-refractivity contribution in [3.63, 3.8) is 0 Å². The number of halogens is 1. The molecule has 0 spiro atoms. The van der Waals surface area contributed by atoms with Crippen molar-refractivity contribution in [3.05, 3.63) is 59.1 Å². The number of hydrogen-bond acceptors (Lipinski definition) is 2. The fraction of sp³-hybridized carbons (Fsp3) is 0.188. The summed E-state index contributed by atoms with van der Waals surface area (Å²) in [5, 5.41) is 19.2. The van der Waals surface area contributed by atoms with Crippen LogP contribution in [-0.4, -0.2) is 16.2 Å². The van der Waals surface area contributed by atoms with Gasteiger partial charge < -0.3 is 10.2 Å². The highest BCUT2D eigenvalue weighted by molar-refractivity contribution is 6.30. The minimum atomic E-state index is -0.903. The Balaban J connectivity index is 2.12. The van der Waals surface area contributed by atoms with E-state index in [2.05, 4.69) is 0 Å². The number of carbonyl (C=O) groups is 1. The number of rotatable bonds is 5. The molecule has 20 heavy (non-hydrogen) atoms. The predicted molar refractivity (Wildman–Crippen MR) is 78.7 cm³/mol. The van der Waals surface area contributed by atoms with Gasteiger partial charge in [0, 0.05) is 11.4 Å². The topological polar surface area (TPSA) is 57.5 Å². The van der Waals surface area contributed by atoms with Gasteiger partial charge in [0.15, 0.2) is 0 Å². The lowest BCUT2D eigenvalue weighted by Gasteiger charge is -2.10. The fourth-order valence-electron chi connectivity index (χ4n) is 1.99. The molecular weight excluding hydrogens is 276 g/mol. The van der Waals surface area contributed by atoms with Crippen molar-refractivity contribution in [1.82, 2.24) is 0 Å². The van der Waals surface area contributed by atoms with Crippen LogP contribution in [0.5, 0.6) is 0 Å². The molecule has 2 rings (SSSR count). The first-order valence-corrected chi connectivity index (χ1v) is 6.70. The van der Waals surface area contributed by atoms with Crippen molar-refractivity contribution < 1.29 is 15.0 Å². The number of hydrogen-bond donors (Lipinski definition) is 2. The van der Waals surface area contributed by atoms with Crippen LogP contribution in [0, 0.1) is 0 Å². The van der Waals surface area contributed by atoms with E-state index in [0.717, 1.165) is 16.7 Å². The Hall–Kier alpha value is -1.84. The normalized spacial score (nSPS) is 12.1. The first-order chi connectivity index (χ1) is 9.56. The maximum atomic E-state index is 10.5. The molecule has 104 valence electrons. The second-order valence-corrected chi connectivity index (χ2v) is 5.02. The molecule has 0 bridgehead atoms. The first kappa shape index (κ1) is 14.6. The molecule has 1 atom stereocenters. The molecule has 0 aliphatic carbocycles. The van der Waals surface area contributed by atoms with Crippen LogP contribution < -0.4 is 0 Å². The third-order valence-corrected chi connectivity index (χ3v) is 3.32. The van der Waals surface area contributed by atoms with Crippen LogP contribution in [0.2, 0.25) is 5.02 Å². The molecule has 0 aliphatic rings. The molecule has 0 amide bonds. The molecule has 3 nitrogen and oxygen atoms in total. The minimum Gasteiger partial charge on any atom is -0.481 e. The number of aliphatic hydroxyl groups excluding tert-OH is 1. The number of carboxylic acids is 1. The van der Waals surface area contributed by atoms with Crippen molar-refractivity contribution in [2.24, 2.45) is 0 Å². The Morgan fingerprint density at radius 1 is 1.10 bits per heavy atom. The summed E-state index contributed by atoms with van der Waals surface area (Å²) >= 11 is 5.95. The lowest BCUT2D eigenvalue weighted by atomic mass is 10.00. The Bertz CT molecular complexity index is 593. The van der Waals surface area contributed by atoms with Gasteiger partial charge in [0.05, 0.1) is 6.10 Å². The number of aliphatic hydroxyl groups is 1. The van der Waals surface area contributed by atoms with E-state index in [1.54, 1.807) is 0 Å². The van der Waals surface area contributed by atoms with E-state index in [9.17, 15) is 9.90 Å². The third kappa shape index (κ3) is 3.83. The summed E-state index contributed by atoms with van der Waals surface area (Å²) in [5.74, 6) is -0.903. The summed E-state index contributed by atoms with van der Waals surface area (Å²) in [7, 11) is 0. The Morgan fingerprint density at radius 3 is 2.40 bits per heavy atom. The molecule has 0 saturated carbocycles. The lowest BCUT2D eigenvalue weighted by molar-refractivity contribution is -0.137. The third-order valence-electron chi connectivity index (χ3n) is 3.09. The van der Waals surface area contributed by atoms with Crippen molar-refractivity contribution in [1.29, 1.82) is 0 Å². The van der Waals surface area contributed by atoms with Crippen molar-refractivity contribution in [2.45, 2.75) is 18.9 Å². The Kier molecular flexibility index (Phi) is 4.77. The highest BCUT2D eigenvalue weighted by Gasteiger charge is 2.10. The lowest BCUT2D eigenvalue weighted by Crippen LogP contribution is -2.02. The molecule has 0 heterocycles. The van der Waals surface area contributed by atoms with Gasteiger partial charge >= 0.3 is 5.97 Å². The van der Waals surface area contributed by atoms with E-state index in [4.69, 9.17) is 16.7 Å². The standard InChI is InChI=1S/C16H15ClO3/c17-14-3-1-2-13(10-14)11-4-6-12(7-5-11)15(18)8-9-16(19)20/h1-7,10,15,18H,8-9H2,(H,19,20). The zero-order valence-corrected chi connectivity index (χ0v) is 11.5. The van der Waals surface area contributed by atoms with Gasteiger partial charge in [-0.25, -0.2) is 0 Å². The second-order valence-electron chi connectivity index (χ2n) is 4.58. The summed E-state index contributed by atoms with van der Waals surface area (Å²) in [4.78, 5) is 10.5. The summed E-state index contributed by atoms with van der Waals surface area (Å²) in [6, 6.07) is 14.9. The summed E-state index contributed by atoms with van der Waals surface area (Å²) in [5.41, 5.74) is 2.72. The molecule has 2 aromatic rings. The molecule has 0 saturated heterocycles. The van der Waals surface area contributed by atoms with Gasteiger partial charge in [-0.3, -0.25) is 4.79 Å². The highest BCUT2D eigenvalue weighted by atomic mass is 35.5. The molecule has 0 aliphatic heterocycles. The van der Waals surface area contributed by atoms with Crippen molar-refractivity contribution >= 4 is 17.6 Å². The van der Waals surface area contributed by atoms with E-state index >= 15 is 0 Å². The first-order valence-electron chi connectivity index (χ1n) is 6.32. The zero-order valence-electron chi connectivity index (χ0n) is 10.8. The molecule has 2 aromatic carbocycles. The SMILES string of the molecule is O=C(O)CCC(O)c1ccc(-c2cccc(Cl)c2)cc1. The van der Waals surface area contributed by atoms with Gasteiger partial charge in [0.25, 0.3) is 0 Å². The van der Waals surface area contributed by atoms with Gasteiger partial charge in [-0.05, 0) is 35.2 Å².